The third-order valence-corrected chi connectivity index (χ3v) is 5.08. The molecule has 0 amide bonds. The molecule has 30 heavy (non-hydrogen) atoms. The fraction of sp³-hybridized carbons (Fsp3) is 0.389. The summed E-state index contributed by atoms with van der Waals surface area (Å²) in [5, 5.41) is 31.7. The van der Waals surface area contributed by atoms with Crippen LogP contribution in [0.15, 0.2) is 36.9 Å². The van der Waals surface area contributed by atoms with E-state index < -0.39 is 35.6 Å². The van der Waals surface area contributed by atoms with Crippen molar-refractivity contribution in [2.75, 3.05) is 12.3 Å². The largest absolute Gasteiger partial charge is 0.387 e. The average Bonchev–Trinajstić information content (AvgIpc) is 3.29. The Balaban J connectivity index is 1.44. The summed E-state index contributed by atoms with van der Waals surface area (Å²) in [7, 11) is 0. The van der Waals surface area contributed by atoms with Gasteiger partial charge in [0.15, 0.2) is 17.7 Å². The van der Waals surface area contributed by atoms with E-state index in [1.54, 1.807) is 19.1 Å². The first-order chi connectivity index (χ1) is 14.4. The summed E-state index contributed by atoms with van der Waals surface area (Å²) >= 11 is 0. The number of nitro benzene ring substituents is 1. The molecule has 0 unspecified atom stereocenters. The molecule has 3 heterocycles. The maximum Gasteiger partial charge on any atom is 0.269 e. The highest BCUT2D eigenvalue weighted by atomic mass is 16.6. The van der Waals surface area contributed by atoms with Gasteiger partial charge in [-0.2, -0.15) is 0 Å². The van der Waals surface area contributed by atoms with Gasteiger partial charge in [0.2, 0.25) is 0 Å². The number of non-ortho nitro benzene ring substituents is 1. The lowest BCUT2D eigenvalue weighted by atomic mass is 10.1. The van der Waals surface area contributed by atoms with Crippen LogP contribution in [0.4, 0.5) is 11.5 Å². The second-order valence-electron chi connectivity index (χ2n) is 6.95. The molecule has 4 N–H and O–H groups in total. The number of benzene rings is 1. The number of aliphatic hydroxyl groups excluding tert-OH is 2. The Morgan fingerprint density at radius 1 is 1.27 bits per heavy atom. The van der Waals surface area contributed by atoms with Crippen LogP contribution in [0.2, 0.25) is 0 Å². The Morgan fingerprint density at radius 3 is 2.70 bits per heavy atom. The van der Waals surface area contributed by atoms with E-state index in [1.807, 2.05) is 0 Å². The van der Waals surface area contributed by atoms with Crippen LogP contribution in [0, 0.1) is 10.1 Å². The zero-order valence-corrected chi connectivity index (χ0v) is 15.9. The zero-order chi connectivity index (χ0) is 21.4. The fourth-order valence-electron chi connectivity index (χ4n) is 3.36. The van der Waals surface area contributed by atoms with Crippen LogP contribution in [0.25, 0.3) is 11.2 Å². The Labute approximate surface area is 170 Å². The molecule has 0 saturated carbocycles. The van der Waals surface area contributed by atoms with Crippen molar-refractivity contribution in [3.8, 4) is 0 Å². The van der Waals surface area contributed by atoms with Crippen molar-refractivity contribution in [3.63, 3.8) is 0 Å². The maximum absolute atomic E-state index is 10.8. The summed E-state index contributed by atoms with van der Waals surface area (Å²) in [6, 6.07) is 6.00. The van der Waals surface area contributed by atoms with Gasteiger partial charge >= 0.3 is 0 Å². The maximum atomic E-state index is 10.8. The lowest BCUT2D eigenvalue weighted by molar-refractivity contribution is -0.384. The topological polar surface area (TPSA) is 172 Å². The highest BCUT2D eigenvalue weighted by molar-refractivity contribution is 5.81. The number of aromatic nitrogens is 4. The molecule has 1 fully saturated rings. The van der Waals surface area contributed by atoms with Crippen LogP contribution in [0.3, 0.4) is 0 Å². The standard InChI is InChI=1S/C18H20N6O6/c1-9(10-2-4-11(5-3-10)24(27)28)29-6-12-14(25)15(26)18(30-12)23-8-22-13-16(19)20-7-21-17(13)23/h2-5,7-9,12,14-15,18,25-26H,6H2,1H3,(H2,19,20,21)/t9-,12+,14+,15+,18+/m0/s1. The van der Waals surface area contributed by atoms with E-state index in [1.165, 1.54) is 29.4 Å². The van der Waals surface area contributed by atoms with Crippen LogP contribution >= 0.6 is 0 Å². The van der Waals surface area contributed by atoms with E-state index in [0.717, 1.165) is 5.56 Å². The predicted molar refractivity (Wildman–Crippen MR) is 103 cm³/mol. The molecular weight excluding hydrogens is 396 g/mol. The monoisotopic (exact) mass is 416 g/mol. The summed E-state index contributed by atoms with van der Waals surface area (Å²) < 4.78 is 13.1. The SMILES string of the molecule is C[C@H](OC[C@H]1O[C@@H](n2cnc3c(N)ncnc32)[C@H](O)[C@@H]1O)c1ccc([N+](=O)[O-])cc1. The van der Waals surface area contributed by atoms with Crippen molar-refractivity contribution in [2.24, 2.45) is 0 Å². The van der Waals surface area contributed by atoms with Crippen molar-refractivity contribution in [1.29, 1.82) is 0 Å². The Morgan fingerprint density at radius 2 is 2.00 bits per heavy atom. The van der Waals surface area contributed by atoms with Gasteiger partial charge in [-0.15, -0.1) is 0 Å². The minimum absolute atomic E-state index is 0.00334. The molecule has 0 aliphatic carbocycles. The number of nitrogens with two attached hydrogens (primary N) is 1. The van der Waals surface area contributed by atoms with E-state index in [4.69, 9.17) is 15.2 Å². The molecule has 0 spiro atoms. The van der Waals surface area contributed by atoms with Gasteiger partial charge in [0.05, 0.1) is 24.0 Å². The number of fused-ring (bicyclic) bond motifs is 1. The van der Waals surface area contributed by atoms with Crippen molar-refractivity contribution >= 4 is 22.7 Å². The van der Waals surface area contributed by atoms with Crippen molar-refractivity contribution in [3.05, 3.63) is 52.6 Å². The summed E-state index contributed by atoms with van der Waals surface area (Å²) in [6.07, 6.45) is -1.87. The van der Waals surface area contributed by atoms with Crippen LogP contribution in [-0.4, -0.2) is 59.6 Å². The number of imidazole rings is 1. The number of anilines is 1. The molecule has 4 rings (SSSR count). The molecule has 5 atom stereocenters. The number of nitro groups is 1. The third kappa shape index (κ3) is 3.57. The Kier molecular flexibility index (Phi) is 5.30. The first-order valence-electron chi connectivity index (χ1n) is 9.17. The van der Waals surface area contributed by atoms with Gasteiger partial charge < -0.3 is 25.4 Å². The van der Waals surface area contributed by atoms with Crippen molar-refractivity contribution < 1.29 is 24.6 Å². The highest BCUT2D eigenvalue weighted by Gasteiger charge is 2.44. The molecule has 0 bridgehead atoms. The van der Waals surface area contributed by atoms with E-state index in [0.29, 0.717) is 11.2 Å². The molecule has 1 aromatic carbocycles. The van der Waals surface area contributed by atoms with Crippen LogP contribution < -0.4 is 5.73 Å². The molecule has 3 aromatic rings. The molecule has 158 valence electrons. The van der Waals surface area contributed by atoms with Gasteiger partial charge in [-0.25, -0.2) is 15.0 Å². The first-order valence-corrected chi connectivity index (χ1v) is 9.17. The molecule has 1 aliphatic heterocycles. The number of ether oxygens (including phenoxy) is 2. The Hall–Kier alpha value is -3.19. The fourth-order valence-corrected chi connectivity index (χ4v) is 3.36. The molecule has 1 saturated heterocycles. The van der Waals surface area contributed by atoms with Gasteiger partial charge in [-0.1, -0.05) is 0 Å². The lowest BCUT2D eigenvalue weighted by Crippen LogP contribution is -2.34. The van der Waals surface area contributed by atoms with Crippen LogP contribution in [-0.2, 0) is 9.47 Å². The highest BCUT2D eigenvalue weighted by Crippen LogP contribution is 2.33. The summed E-state index contributed by atoms with van der Waals surface area (Å²) in [4.78, 5) is 22.4. The third-order valence-electron chi connectivity index (χ3n) is 5.08. The lowest BCUT2D eigenvalue weighted by Gasteiger charge is -2.19. The number of rotatable bonds is 6. The van der Waals surface area contributed by atoms with Gasteiger partial charge in [0.1, 0.15) is 30.2 Å². The summed E-state index contributed by atoms with van der Waals surface area (Å²) in [5.41, 5.74) is 7.25. The van der Waals surface area contributed by atoms with Crippen molar-refractivity contribution in [2.45, 2.75) is 37.6 Å². The van der Waals surface area contributed by atoms with Gasteiger partial charge in [0.25, 0.3) is 5.69 Å². The molecule has 12 nitrogen and oxygen atoms in total. The summed E-state index contributed by atoms with van der Waals surface area (Å²) in [6.45, 7) is 1.77. The second kappa shape index (κ2) is 7.91. The number of nitrogens with zero attached hydrogens (tertiary/aromatic N) is 5. The Bertz CT molecular complexity index is 1060. The number of nitrogen functional groups attached to an aromatic ring is 1. The quantitative estimate of drug-likeness (QED) is 0.384. The van der Waals surface area contributed by atoms with E-state index in [2.05, 4.69) is 15.0 Å². The molecule has 2 aromatic heterocycles. The van der Waals surface area contributed by atoms with E-state index >= 15 is 0 Å². The normalized spacial score (nSPS) is 24.9. The predicted octanol–water partition coefficient (Wildman–Crippen LogP) is 0.714. The average molecular weight is 416 g/mol. The molecule has 1 aliphatic rings. The van der Waals surface area contributed by atoms with Crippen LogP contribution in [0.5, 0.6) is 0 Å². The smallest absolute Gasteiger partial charge is 0.269 e. The number of hydrogen-bond donors (Lipinski definition) is 3. The van der Waals surface area contributed by atoms with Gasteiger partial charge in [0, 0.05) is 12.1 Å². The number of aliphatic hydroxyl groups is 2. The van der Waals surface area contributed by atoms with Gasteiger partial charge in [-0.05, 0) is 24.6 Å². The van der Waals surface area contributed by atoms with Crippen LogP contribution in [0.1, 0.15) is 24.8 Å². The zero-order valence-electron chi connectivity index (χ0n) is 15.9. The number of hydrogen-bond acceptors (Lipinski definition) is 10. The second-order valence-corrected chi connectivity index (χ2v) is 6.95. The van der Waals surface area contributed by atoms with Gasteiger partial charge in [-0.3, -0.25) is 14.7 Å². The minimum Gasteiger partial charge on any atom is -0.387 e. The van der Waals surface area contributed by atoms with E-state index in [9.17, 15) is 20.3 Å². The molecule has 12 heteroatoms. The molecular formula is C18H20N6O6. The summed E-state index contributed by atoms with van der Waals surface area (Å²) in [5.74, 6) is 0.198. The minimum atomic E-state index is -1.23. The van der Waals surface area contributed by atoms with Crippen molar-refractivity contribution in [1.82, 2.24) is 19.5 Å². The van der Waals surface area contributed by atoms with E-state index in [-0.39, 0.29) is 18.1 Å². The first kappa shape index (κ1) is 20.1. The molecule has 0 radical (unpaired) electrons.